The molecule has 0 radical (unpaired) electrons. The molecule has 5 nitrogen and oxygen atoms in total. The molecule has 2 N–H and O–H groups in total. The number of rotatable bonds is 6. The smallest absolute Gasteiger partial charge is 0.417 e. The van der Waals surface area contributed by atoms with Crippen LogP contribution in [0.5, 0.6) is 0 Å². The van der Waals surface area contributed by atoms with Crippen LogP contribution in [0.25, 0.3) is 11.1 Å². The van der Waals surface area contributed by atoms with Crippen molar-refractivity contribution in [2.45, 2.75) is 24.6 Å². The molecule has 1 aliphatic rings. The van der Waals surface area contributed by atoms with E-state index in [1.807, 2.05) is 48.5 Å². The highest BCUT2D eigenvalue weighted by atomic mass is 35.5. The van der Waals surface area contributed by atoms with E-state index >= 15 is 0 Å². The van der Waals surface area contributed by atoms with Crippen LogP contribution in [-0.2, 0) is 22.1 Å². The lowest BCUT2D eigenvalue weighted by Gasteiger charge is -2.19. The molecule has 34 heavy (non-hydrogen) atoms. The van der Waals surface area contributed by atoms with Crippen molar-refractivity contribution in [3.05, 3.63) is 94.0 Å². The van der Waals surface area contributed by atoms with Gasteiger partial charge >= 0.3 is 18.2 Å². The number of carboxylic acids is 1. The minimum Gasteiger partial charge on any atom is -0.480 e. The molecule has 0 saturated heterocycles. The molecule has 1 atom stereocenters. The van der Waals surface area contributed by atoms with Crippen LogP contribution in [-0.4, -0.2) is 29.8 Å². The number of aliphatic carboxylic acids is 1. The molecule has 3 aromatic rings. The molecule has 0 bridgehead atoms. The number of nitrogens with one attached hydrogen (secondary N) is 1. The van der Waals surface area contributed by atoms with Crippen LogP contribution in [0.15, 0.2) is 66.7 Å². The van der Waals surface area contributed by atoms with Crippen molar-refractivity contribution < 1.29 is 32.6 Å². The maximum absolute atomic E-state index is 13.1. The highest BCUT2D eigenvalue weighted by molar-refractivity contribution is 6.32. The van der Waals surface area contributed by atoms with Gasteiger partial charge in [0.2, 0.25) is 0 Å². The van der Waals surface area contributed by atoms with Crippen molar-refractivity contribution >= 4 is 23.7 Å². The van der Waals surface area contributed by atoms with Crippen molar-refractivity contribution in [2.75, 3.05) is 6.61 Å². The second kappa shape index (κ2) is 9.38. The minimum absolute atomic E-state index is 0.0312. The molecular formula is C25H19ClF3NO4. The van der Waals surface area contributed by atoms with Crippen LogP contribution in [0.1, 0.15) is 28.2 Å². The largest absolute Gasteiger partial charge is 0.480 e. The fraction of sp³-hybridized carbons (Fsp3) is 0.200. The van der Waals surface area contributed by atoms with E-state index < -0.39 is 41.3 Å². The van der Waals surface area contributed by atoms with E-state index in [0.717, 1.165) is 34.4 Å². The first kappa shape index (κ1) is 23.6. The number of benzene rings is 3. The van der Waals surface area contributed by atoms with Crippen LogP contribution in [0.4, 0.5) is 18.0 Å². The summed E-state index contributed by atoms with van der Waals surface area (Å²) in [6, 6.07) is 17.1. The Hall–Kier alpha value is -3.52. The summed E-state index contributed by atoms with van der Waals surface area (Å²) in [6.45, 7) is -0.0312. The summed E-state index contributed by atoms with van der Waals surface area (Å²) in [5.74, 6) is -1.65. The molecule has 0 spiro atoms. The molecule has 9 heteroatoms. The number of carbonyl (C=O) groups is 2. The zero-order valence-corrected chi connectivity index (χ0v) is 18.4. The van der Waals surface area contributed by atoms with Crippen molar-refractivity contribution in [3.63, 3.8) is 0 Å². The predicted molar refractivity (Wildman–Crippen MR) is 120 cm³/mol. The van der Waals surface area contributed by atoms with E-state index in [1.165, 1.54) is 6.07 Å². The van der Waals surface area contributed by atoms with E-state index in [9.17, 15) is 27.9 Å². The molecule has 0 fully saturated rings. The fourth-order valence-electron chi connectivity index (χ4n) is 4.16. The Morgan fingerprint density at radius 1 is 0.971 bits per heavy atom. The fourth-order valence-corrected chi connectivity index (χ4v) is 4.47. The second-order valence-electron chi connectivity index (χ2n) is 7.84. The Balaban J connectivity index is 1.46. The molecular weight excluding hydrogens is 471 g/mol. The van der Waals surface area contributed by atoms with E-state index in [2.05, 4.69) is 5.32 Å². The van der Waals surface area contributed by atoms with Gasteiger partial charge < -0.3 is 15.2 Å². The summed E-state index contributed by atoms with van der Waals surface area (Å²) in [5, 5.41) is 11.1. The SMILES string of the molecule is O=C(N[C@@H](Cc1cccc(C(F)(F)F)c1Cl)C(=O)O)OCC1c2ccccc2-c2ccccc21. The number of fused-ring (bicyclic) bond motifs is 3. The highest BCUT2D eigenvalue weighted by Gasteiger charge is 2.35. The van der Waals surface area contributed by atoms with Crippen molar-refractivity contribution in [3.8, 4) is 11.1 Å². The van der Waals surface area contributed by atoms with E-state index in [-0.39, 0.29) is 18.1 Å². The monoisotopic (exact) mass is 489 g/mol. The molecule has 176 valence electrons. The van der Waals surface area contributed by atoms with E-state index in [1.54, 1.807) is 0 Å². The van der Waals surface area contributed by atoms with Crippen LogP contribution in [0, 0.1) is 0 Å². The van der Waals surface area contributed by atoms with Gasteiger partial charge in [-0.25, -0.2) is 9.59 Å². The molecule has 3 aromatic carbocycles. The topological polar surface area (TPSA) is 75.6 Å². The van der Waals surface area contributed by atoms with Gasteiger partial charge in [0.1, 0.15) is 12.6 Å². The zero-order valence-electron chi connectivity index (χ0n) is 17.6. The normalized spacial score (nSPS) is 13.6. The maximum atomic E-state index is 13.1. The first-order chi connectivity index (χ1) is 16.2. The summed E-state index contributed by atoms with van der Waals surface area (Å²) in [6.07, 6.45) is -6.12. The van der Waals surface area contributed by atoms with Gasteiger partial charge in [-0.3, -0.25) is 0 Å². The van der Waals surface area contributed by atoms with Gasteiger partial charge in [-0.2, -0.15) is 13.2 Å². The van der Waals surface area contributed by atoms with E-state index in [4.69, 9.17) is 16.3 Å². The molecule has 0 heterocycles. The number of hydrogen-bond donors (Lipinski definition) is 2. The lowest BCUT2D eigenvalue weighted by atomic mass is 9.98. The van der Waals surface area contributed by atoms with Crippen molar-refractivity contribution in [1.82, 2.24) is 5.32 Å². The number of carboxylic acid groups (broad SMARTS) is 1. The number of alkyl carbamates (subject to hydrolysis) is 1. The van der Waals surface area contributed by atoms with Crippen LogP contribution < -0.4 is 5.32 Å². The third-order valence-corrected chi connectivity index (χ3v) is 6.19. The van der Waals surface area contributed by atoms with Crippen LogP contribution in [0.2, 0.25) is 5.02 Å². The first-order valence-corrected chi connectivity index (χ1v) is 10.7. The Kier molecular flexibility index (Phi) is 6.52. The molecule has 0 saturated carbocycles. The summed E-state index contributed by atoms with van der Waals surface area (Å²) < 4.78 is 44.7. The first-order valence-electron chi connectivity index (χ1n) is 10.4. The average Bonchev–Trinajstić information content (AvgIpc) is 3.11. The lowest BCUT2D eigenvalue weighted by molar-refractivity contribution is -0.139. The Morgan fingerprint density at radius 3 is 2.12 bits per heavy atom. The quantitative estimate of drug-likeness (QED) is 0.452. The second-order valence-corrected chi connectivity index (χ2v) is 8.22. The third-order valence-electron chi connectivity index (χ3n) is 5.74. The Morgan fingerprint density at radius 2 is 1.56 bits per heavy atom. The average molecular weight is 490 g/mol. The molecule has 0 unspecified atom stereocenters. The molecule has 0 aliphatic heterocycles. The number of halogens is 4. The van der Waals surface area contributed by atoms with E-state index in [0.29, 0.717) is 0 Å². The van der Waals surface area contributed by atoms with Crippen LogP contribution >= 0.6 is 11.6 Å². The number of hydrogen-bond acceptors (Lipinski definition) is 3. The molecule has 1 amide bonds. The summed E-state index contributed by atoms with van der Waals surface area (Å²) in [5.41, 5.74) is 2.92. The molecule has 1 aliphatic carbocycles. The van der Waals surface area contributed by atoms with Crippen molar-refractivity contribution in [2.24, 2.45) is 0 Å². The zero-order chi connectivity index (χ0) is 24.5. The van der Waals surface area contributed by atoms with Gasteiger partial charge in [-0.1, -0.05) is 72.3 Å². The standard InChI is InChI=1S/C25H19ClF3NO4/c26-22-14(6-5-11-20(22)25(27,28)29)12-21(23(31)32)30-24(33)34-13-19-17-9-3-1-7-15(17)16-8-2-4-10-18(16)19/h1-11,19,21H,12-13H2,(H,30,33)(H,31,32)/t21-/m0/s1. The Labute approximate surface area is 198 Å². The van der Waals surface area contributed by atoms with Gasteiger partial charge in [-0.05, 0) is 33.9 Å². The van der Waals surface area contributed by atoms with Gasteiger partial charge in [-0.15, -0.1) is 0 Å². The molecule has 0 aromatic heterocycles. The maximum Gasteiger partial charge on any atom is 0.417 e. The highest BCUT2D eigenvalue weighted by Crippen LogP contribution is 2.44. The van der Waals surface area contributed by atoms with Gasteiger partial charge in [0.05, 0.1) is 10.6 Å². The number of amides is 1. The summed E-state index contributed by atoms with van der Waals surface area (Å²) in [4.78, 5) is 24.1. The summed E-state index contributed by atoms with van der Waals surface area (Å²) in [7, 11) is 0. The van der Waals surface area contributed by atoms with Gasteiger partial charge in [0, 0.05) is 12.3 Å². The minimum atomic E-state index is -4.69. The van der Waals surface area contributed by atoms with Gasteiger partial charge in [0.25, 0.3) is 0 Å². The van der Waals surface area contributed by atoms with Crippen LogP contribution in [0.3, 0.4) is 0 Å². The molecule has 4 rings (SSSR count). The third kappa shape index (κ3) is 4.72. The Bertz CT molecular complexity index is 1200. The lowest BCUT2D eigenvalue weighted by Crippen LogP contribution is -2.43. The summed E-state index contributed by atoms with van der Waals surface area (Å²) >= 11 is 5.86. The number of alkyl halides is 3. The van der Waals surface area contributed by atoms with Crippen molar-refractivity contribution in [1.29, 1.82) is 0 Å². The number of carbonyl (C=O) groups excluding carboxylic acids is 1. The predicted octanol–water partition coefficient (Wildman–Crippen LogP) is 5.89. The van der Waals surface area contributed by atoms with Gasteiger partial charge in [0.15, 0.2) is 0 Å². The number of ether oxygens (including phenoxy) is 1.